The van der Waals surface area contributed by atoms with Crippen molar-refractivity contribution in [2.75, 3.05) is 10.7 Å². The first-order valence-corrected chi connectivity index (χ1v) is 7.30. The van der Waals surface area contributed by atoms with E-state index in [1.54, 1.807) is 18.3 Å². The third kappa shape index (κ3) is 3.17. The van der Waals surface area contributed by atoms with Crippen LogP contribution in [0.3, 0.4) is 0 Å². The lowest BCUT2D eigenvalue weighted by atomic mass is 10.2. The Hall–Kier alpha value is -1.44. The number of carbonyl (C=O) groups is 1. The lowest BCUT2D eigenvalue weighted by Crippen LogP contribution is -2.18. The molecule has 2 aromatic rings. The molecule has 4 N–H and O–H groups in total. The normalized spacial score (nSPS) is 10.2. The van der Waals surface area contributed by atoms with E-state index in [-0.39, 0.29) is 5.91 Å². The topological polar surface area (TPSA) is 80.0 Å². The van der Waals surface area contributed by atoms with Gasteiger partial charge in [-0.2, -0.15) is 0 Å². The lowest BCUT2D eigenvalue weighted by Gasteiger charge is -2.12. The Balaban J connectivity index is 2.33. The number of anilines is 2. The summed E-state index contributed by atoms with van der Waals surface area (Å²) in [6.45, 7) is 1.97. The summed E-state index contributed by atoms with van der Waals surface area (Å²) >= 11 is 6.87. The Morgan fingerprint density at radius 1 is 1.30 bits per heavy atom. The summed E-state index contributed by atoms with van der Waals surface area (Å²) in [5.41, 5.74) is 4.51. The van der Waals surface area contributed by atoms with Crippen LogP contribution in [0.5, 0.6) is 0 Å². The number of amides is 1. The predicted molar refractivity (Wildman–Crippen MR) is 86.6 cm³/mol. The minimum Gasteiger partial charge on any atom is -0.320 e. The van der Waals surface area contributed by atoms with Gasteiger partial charge in [-0.25, -0.2) is 10.8 Å². The molecule has 0 aliphatic carbocycles. The van der Waals surface area contributed by atoms with E-state index in [1.807, 2.05) is 19.1 Å². The minimum atomic E-state index is -0.295. The fourth-order valence-electron chi connectivity index (χ4n) is 1.70. The third-order valence-corrected chi connectivity index (χ3v) is 3.86. The van der Waals surface area contributed by atoms with Gasteiger partial charge >= 0.3 is 0 Å². The zero-order chi connectivity index (χ0) is 14.7. The van der Waals surface area contributed by atoms with Crippen LogP contribution in [0.4, 0.5) is 11.5 Å². The fraction of sp³-hybridized carbons (Fsp3) is 0.0769. The Kier molecular flexibility index (Phi) is 4.74. The predicted octanol–water partition coefficient (Wildman–Crippen LogP) is 3.45. The van der Waals surface area contributed by atoms with Gasteiger partial charge in [0.25, 0.3) is 5.91 Å². The molecule has 0 saturated heterocycles. The average Bonchev–Trinajstić information content (AvgIpc) is 2.42. The second-order valence-electron chi connectivity index (χ2n) is 4.10. The zero-order valence-corrected chi connectivity index (χ0v) is 13.7. The lowest BCUT2D eigenvalue weighted by molar-refractivity contribution is 0.102. The maximum absolute atomic E-state index is 12.3. The van der Waals surface area contributed by atoms with E-state index in [4.69, 9.17) is 5.84 Å². The summed E-state index contributed by atoms with van der Waals surface area (Å²) in [5, 5.41) is 2.83. The summed E-state index contributed by atoms with van der Waals surface area (Å²) in [5.74, 6) is 5.38. The first-order valence-electron chi connectivity index (χ1n) is 5.71. The van der Waals surface area contributed by atoms with Crippen LogP contribution in [0.2, 0.25) is 0 Å². The second-order valence-corrected chi connectivity index (χ2v) is 5.81. The Bertz CT molecular complexity index is 638. The molecule has 5 nitrogen and oxygen atoms in total. The van der Waals surface area contributed by atoms with Crippen LogP contribution in [-0.4, -0.2) is 10.9 Å². The van der Waals surface area contributed by atoms with Gasteiger partial charge in [0.1, 0.15) is 0 Å². The number of hydrazine groups is 1. The van der Waals surface area contributed by atoms with Gasteiger partial charge in [-0.3, -0.25) is 4.79 Å². The molecule has 0 aliphatic heterocycles. The van der Waals surface area contributed by atoms with Crippen LogP contribution in [-0.2, 0) is 0 Å². The number of aromatic nitrogens is 1. The van der Waals surface area contributed by atoms with Crippen LogP contribution < -0.4 is 16.6 Å². The number of nitrogens with two attached hydrogens (primary N) is 1. The highest BCUT2D eigenvalue weighted by molar-refractivity contribution is 9.11. The number of nitrogen functional groups attached to an aromatic ring is 1. The minimum absolute atomic E-state index is 0.295. The highest BCUT2D eigenvalue weighted by atomic mass is 79.9. The largest absolute Gasteiger partial charge is 0.320 e. The molecule has 0 aliphatic rings. The Morgan fingerprint density at radius 2 is 1.95 bits per heavy atom. The van der Waals surface area contributed by atoms with Crippen LogP contribution in [0.1, 0.15) is 15.9 Å². The first-order chi connectivity index (χ1) is 9.52. The van der Waals surface area contributed by atoms with Crippen LogP contribution in [0.25, 0.3) is 0 Å². The van der Waals surface area contributed by atoms with E-state index >= 15 is 0 Å². The number of nitrogens with one attached hydrogen (secondary N) is 2. The van der Waals surface area contributed by atoms with E-state index in [0.29, 0.717) is 17.1 Å². The number of rotatable bonds is 3. The quantitative estimate of drug-likeness (QED) is 0.545. The van der Waals surface area contributed by atoms with E-state index in [2.05, 4.69) is 47.6 Å². The number of carbonyl (C=O) groups excluding carboxylic acids is 1. The van der Waals surface area contributed by atoms with Crippen molar-refractivity contribution in [1.29, 1.82) is 0 Å². The molecule has 0 fully saturated rings. The molecule has 1 aromatic heterocycles. The number of aryl methyl sites for hydroxylation is 1. The molecular weight excluding hydrogens is 388 g/mol. The highest BCUT2D eigenvalue weighted by Crippen LogP contribution is 2.32. The van der Waals surface area contributed by atoms with E-state index in [1.165, 1.54) is 0 Å². The number of hydrogen-bond donors (Lipinski definition) is 3. The van der Waals surface area contributed by atoms with Crippen molar-refractivity contribution in [3.63, 3.8) is 0 Å². The summed E-state index contributed by atoms with van der Waals surface area (Å²) in [6, 6.07) is 7.17. The van der Waals surface area contributed by atoms with Crippen molar-refractivity contribution in [3.8, 4) is 0 Å². The summed E-state index contributed by atoms with van der Waals surface area (Å²) < 4.78 is 1.59. The number of hydrogen-bond acceptors (Lipinski definition) is 4. The molecule has 1 heterocycles. The maximum Gasteiger partial charge on any atom is 0.259 e. The molecule has 20 heavy (non-hydrogen) atoms. The molecule has 1 amide bonds. The van der Waals surface area contributed by atoms with Gasteiger partial charge in [-0.1, -0.05) is 0 Å². The second kappa shape index (κ2) is 6.34. The van der Waals surface area contributed by atoms with Crippen molar-refractivity contribution >= 4 is 49.3 Å². The molecule has 0 atom stereocenters. The van der Waals surface area contributed by atoms with Gasteiger partial charge in [0.15, 0.2) is 5.82 Å². The fourth-order valence-corrected chi connectivity index (χ4v) is 3.32. The molecule has 0 radical (unpaired) electrons. The molecule has 0 unspecified atom stereocenters. The smallest absolute Gasteiger partial charge is 0.259 e. The Labute approximate surface area is 133 Å². The van der Waals surface area contributed by atoms with Crippen LogP contribution >= 0.6 is 31.9 Å². The molecule has 0 saturated carbocycles. The molecule has 0 spiro atoms. The van der Waals surface area contributed by atoms with Crippen molar-refractivity contribution in [3.05, 3.63) is 50.5 Å². The summed E-state index contributed by atoms with van der Waals surface area (Å²) in [6.07, 6.45) is 1.56. The summed E-state index contributed by atoms with van der Waals surface area (Å²) in [7, 11) is 0. The number of nitrogens with zero attached hydrogens (tertiary/aromatic N) is 1. The average molecular weight is 400 g/mol. The molecule has 7 heteroatoms. The maximum atomic E-state index is 12.3. The van der Waals surface area contributed by atoms with Crippen LogP contribution in [0.15, 0.2) is 39.4 Å². The first kappa shape index (κ1) is 15.0. The number of benzene rings is 1. The van der Waals surface area contributed by atoms with Crippen molar-refractivity contribution in [2.45, 2.75) is 6.92 Å². The van der Waals surface area contributed by atoms with Gasteiger partial charge in [-0.05, 0) is 68.6 Å². The standard InChI is InChI=1S/C13H12Br2N4O/c1-7-5-9(14)11(10(15)6-7)18-13(20)8-3-2-4-17-12(8)19-16/h2-6H,16H2,1H3,(H,17,19)(H,18,20). The van der Waals surface area contributed by atoms with Gasteiger partial charge in [0, 0.05) is 15.1 Å². The SMILES string of the molecule is Cc1cc(Br)c(NC(=O)c2cccnc2NN)c(Br)c1. The molecule has 1 aromatic carbocycles. The van der Waals surface area contributed by atoms with E-state index in [0.717, 1.165) is 14.5 Å². The third-order valence-electron chi connectivity index (χ3n) is 2.61. The van der Waals surface area contributed by atoms with Crippen molar-refractivity contribution in [2.24, 2.45) is 5.84 Å². The van der Waals surface area contributed by atoms with Gasteiger partial charge in [0.05, 0.1) is 11.3 Å². The van der Waals surface area contributed by atoms with E-state index < -0.39 is 0 Å². The molecule has 104 valence electrons. The van der Waals surface area contributed by atoms with E-state index in [9.17, 15) is 4.79 Å². The van der Waals surface area contributed by atoms with Gasteiger partial charge in [-0.15, -0.1) is 0 Å². The van der Waals surface area contributed by atoms with Crippen LogP contribution in [0, 0.1) is 6.92 Å². The summed E-state index contributed by atoms with van der Waals surface area (Å²) in [4.78, 5) is 16.3. The monoisotopic (exact) mass is 398 g/mol. The Morgan fingerprint density at radius 3 is 2.55 bits per heavy atom. The molecule has 2 rings (SSSR count). The molecular formula is C13H12Br2N4O. The zero-order valence-electron chi connectivity index (χ0n) is 10.6. The van der Waals surface area contributed by atoms with Crippen molar-refractivity contribution in [1.82, 2.24) is 4.98 Å². The number of halogens is 2. The highest BCUT2D eigenvalue weighted by Gasteiger charge is 2.15. The number of pyridine rings is 1. The van der Waals surface area contributed by atoms with Gasteiger partial charge < -0.3 is 10.7 Å². The molecule has 0 bridgehead atoms. The van der Waals surface area contributed by atoms with Gasteiger partial charge in [0.2, 0.25) is 0 Å². The van der Waals surface area contributed by atoms with Crippen molar-refractivity contribution < 1.29 is 4.79 Å².